The van der Waals surface area contributed by atoms with Crippen molar-refractivity contribution in [2.75, 3.05) is 18.1 Å². The van der Waals surface area contributed by atoms with Crippen LogP contribution < -0.4 is 9.64 Å². The number of benzene rings is 2. The number of ether oxygens (including phenoxy) is 2. The van der Waals surface area contributed by atoms with Crippen LogP contribution in [0.25, 0.3) is 5.76 Å². The average Bonchev–Trinajstić information content (AvgIpc) is 3.18. The SMILES string of the molecule is CCCOC(=O)c1ccc(N2C(=O)C(=O)/C(=C(/O)c3ccc(OCC)cc3)C2c2cccnc2)cc1. The number of hydrogen-bond donors (Lipinski definition) is 1. The summed E-state index contributed by atoms with van der Waals surface area (Å²) in [7, 11) is 0. The van der Waals surface area contributed by atoms with Crippen LogP contribution in [0, 0.1) is 0 Å². The molecule has 0 spiro atoms. The van der Waals surface area contributed by atoms with Gasteiger partial charge in [-0.1, -0.05) is 13.0 Å². The van der Waals surface area contributed by atoms with E-state index < -0.39 is 23.7 Å². The molecule has 0 aliphatic carbocycles. The molecule has 1 aliphatic heterocycles. The van der Waals surface area contributed by atoms with Crippen molar-refractivity contribution < 1.29 is 29.0 Å². The van der Waals surface area contributed by atoms with Gasteiger partial charge in [0.2, 0.25) is 0 Å². The number of carbonyl (C=O) groups excluding carboxylic acids is 3. The maximum absolute atomic E-state index is 13.2. The number of amides is 1. The van der Waals surface area contributed by atoms with Crippen LogP contribution in [-0.4, -0.2) is 41.0 Å². The summed E-state index contributed by atoms with van der Waals surface area (Å²) in [6.07, 6.45) is 3.83. The maximum atomic E-state index is 13.2. The Hall–Kier alpha value is -4.46. The van der Waals surface area contributed by atoms with Crippen LogP contribution in [0.2, 0.25) is 0 Å². The molecule has 0 saturated carbocycles. The zero-order valence-corrected chi connectivity index (χ0v) is 20.0. The molecule has 36 heavy (non-hydrogen) atoms. The number of nitrogens with zero attached hydrogens (tertiary/aromatic N) is 2. The van der Waals surface area contributed by atoms with Gasteiger partial charge in [-0.05, 0) is 73.5 Å². The Morgan fingerprint density at radius 2 is 1.69 bits per heavy atom. The molecule has 8 heteroatoms. The van der Waals surface area contributed by atoms with Gasteiger partial charge < -0.3 is 14.6 Å². The Bertz CT molecular complexity index is 1280. The van der Waals surface area contributed by atoms with E-state index in [4.69, 9.17) is 9.47 Å². The first-order valence-electron chi connectivity index (χ1n) is 11.7. The van der Waals surface area contributed by atoms with E-state index in [9.17, 15) is 19.5 Å². The minimum absolute atomic E-state index is 0.0522. The van der Waals surface area contributed by atoms with Crippen molar-refractivity contribution in [2.45, 2.75) is 26.3 Å². The van der Waals surface area contributed by atoms with Gasteiger partial charge in [-0.25, -0.2) is 4.79 Å². The zero-order chi connectivity index (χ0) is 25.7. The predicted octanol–water partition coefficient (Wildman–Crippen LogP) is 4.67. The lowest BCUT2D eigenvalue weighted by atomic mass is 9.96. The second-order valence-corrected chi connectivity index (χ2v) is 8.10. The summed E-state index contributed by atoms with van der Waals surface area (Å²) in [4.78, 5) is 44.1. The highest BCUT2D eigenvalue weighted by Crippen LogP contribution is 2.42. The summed E-state index contributed by atoms with van der Waals surface area (Å²) in [5, 5.41) is 11.2. The number of aromatic nitrogens is 1. The van der Waals surface area contributed by atoms with E-state index in [-0.39, 0.29) is 11.3 Å². The van der Waals surface area contributed by atoms with Gasteiger partial charge in [0.05, 0.1) is 30.4 Å². The maximum Gasteiger partial charge on any atom is 0.338 e. The second kappa shape index (κ2) is 10.9. The summed E-state index contributed by atoms with van der Waals surface area (Å²) in [5.74, 6) is -1.76. The van der Waals surface area contributed by atoms with Crippen LogP contribution in [0.4, 0.5) is 5.69 Å². The Balaban J connectivity index is 1.77. The lowest BCUT2D eigenvalue weighted by molar-refractivity contribution is -0.132. The van der Waals surface area contributed by atoms with E-state index in [1.807, 2.05) is 13.8 Å². The standard InChI is InChI=1S/C28H26N2O6/c1-3-16-36-28(34)19-7-11-21(12-8-19)30-24(20-6-5-15-29-17-20)23(26(32)27(30)33)25(31)18-9-13-22(14-10-18)35-4-2/h5-15,17,24,31H,3-4,16H2,1-2H3/b25-23+. The summed E-state index contributed by atoms with van der Waals surface area (Å²) in [6.45, 7) is 4.57. The van der Waals surface area contributed by atoms with Gasteiger partial charge in [0.15, 0.2) is 0 Å². The summed E-state index contributed by atoms with van der Waals surface area (Å²) in [5.41, 5.74) is 1.60. The van der Waals surface area contributed by atoms with Gasteiger partial charge in [0.25, 0.3) is 11.7 Å². The fraction of sp³-hybridized carbons (Fsp3) is 0.214. The van der Waals surface area contributed by atoms with E-state index in [1.165, 1.54) is 4.90 Å². The lowest BCUT2D eigenvalue weighted by Crippen LogP contribution is -2.29. The van der Waals surface area contributed by atoms with Crippen LogP contribution in [-0.2, 0) is 14.3 Å². The number of Topliss-reactive ketones (excluding diaryl/α,β-unsaturated/α-hetero) is 1. The smallest absolute Gasteiger partial charge is 0.338 e. The van der Waals surface area contributed by atoms with Gasteiger partial charge >= 0.3 is 5.97 Å². The van der Waals surface area contributed by atoms with Crippen molar-refractivity contribution in [3.8, 4) is 5.75 Å². The lowest BCUT2D eigenvalue weighted by Gasteiger charge is -2.25. The number of aliphatic hydroxyl groups is 1. The first-order chi connectivity index (χ1) is 17.5. The van der Waals surface area contributed by atoms with Gasteiger partial charge in [-0.3, -0.25) is 19.5 Å². The third kappa shape index (κ3) is 4.84. The van der Waals surface area contributed by atoms with E-state index >= 15 is 0 Å². The predicted molar refractivity (Wildman–Crippen MR) is 134 cm³/mol. The van der Waals surface area contributed by atoms with Gasteiger partial charge in [-0.15, -0.1) is 0 Å². The molecule has 1 amide bonds. The normalized spacial score (nSPS) is 16.7. The van der Waals surface area contributed by atoms with Gasteiger partial charge in [0.1, 0.15) is 11.5 Å². The molecule has 1 aromatic heterocycles. The van der Waals surface area contributed by atoms with Gasteiger partial charge in [-0.2, -0.15) is 0 Å². The van der Waals surface area contributed by atoms with Crippen molar-refractivity contribution in [1.29, 1.82) is 0 Å². The fourth-order valence-corrected chi connectivity index (χ4v) is 4.02. The zero-order valence-electron chi connectivity index (χ0n) is 20.0. The molecule has 0 radical (unpaired) electrons. The highest BCUT2D eigenvalue weighted by atomic mass is 16.5. The van der Waals surface area contributed by atoms with E-state index in [0.717, 1.165) is 0 Å². The largest absolute Gasteiger partial charge is 0.507 e. The highest BCUT2D eigenvalue weighted by Gasteiger charge is 2.47. The average molecular weight is 487 g/mol. The Kier molecular flexibility index (Phi) is 7.44. The van der Waals surface area contributed by atoms with Crippen LogP contribution in [0.1, 0.15) is 47.8 Å². The van der Waals surface area contributed by atoms with E-state index in [1.54, 1.807) is 73.1 Å². The molecule has 1 aliphatic rings. The number of hydrogen-bond acceptors (Lipinski definition) is 7. The van der Waals surface area contributed by atoms with Gasteiger partial charge in [0, 0.05) is 23.6 Å². The molecule has 1 atom stereocenters. The number of ketones is 1. The summed E-state index contributed by atoms with van der Waals surface area (Å²) in [6, 6.07) is 15.4. The van der Waals surface area contributed by atoms with E-state index in [2.05, 4.69) is 4.98 Å². The Morgan fingerprint density at radius 3 is 2.31 bits per heavy atom. The second-order valence-electron chi connectivity index (χ2n) is 8.10. The Morgan fingerprint density at radius 1 is 1.00 bits per heavy atom. The molecular formula is C28H26N2O6. The monoisotopic (exact) mass is 486 g/mol. The van der Waals surface area contributed by atoms with Crippen molar-refractivity contribution in [3.63, 3.8) is 0 Å². The van der Waals surface area contributed by atoms with Crippen molar-refractivity contribution >= 4 is 29.1 Å². The highest BCUT2D eigenvalue weighted by molar-refractivity contribution is 6.51. The number of anilines is 1. The molecule has 1 saturated heterocycles. The molecule has 4 rings (SSSR count). The molecular weight excluding hydrogens is 460 g/mol. The van der Waals surface area contributed by atoms with Crippen molar-refractivity contribution in [1.82, 2.24) is 4.98 Å². The number of esters is 1. The topological polar surface area (TPSA) is 106 Å². The number of pyridine rings is 1. The first-order valence-corrected chi connectivity index (χ1v) is 11.7. The molecule has 184 valence electrons. The number of aliphatic hydroxyl groups excluding tert-OH is 1. The third-order valence-electron chi connectivity index (χ3n) is 5.70. The molecule has 1 fully saturated rings. The summed E-state index contributed by atoms with van der Waals surface area (Å²) < 4.78 is 10.6. The van der Waals surface area contributed by atoms with Crippen LogP contribution in [0.15, 0.2) is 78.6 Å². The molecule has 3 aromatic rings. The third-order valence-corrected chi connectivity index (χ3v) is 5.70. The first kappa shape index (κ1) is 24.7. The minimum atomic E-state index is -0.914. The Labute approximate surface area is 208 Å². The minimum Gasteiger partial charge on any atom is -0.507 e. The summed E-state index contributed by atoms with van der Waals surface area (Å²) >= 11 is 0. The molecule has 1 unspecified atom stereocenters. The van der Waals surface area contributed by atoms with Crippen LogP contribution in [0.3, 0.4) is 0 Å². The molecule has 1 N–H and O–H groups in total. The van der Waals surface area contributed by atoms with E-state index in [0.29, 0.717) is 47.8 Å². The molecule has 8 nitrogen and oxygen atoms in total. The molecule has 2 heterocycles. The molecule has 0 bridgehead atoms. The number of rotatable bonds is 8. The van der Waals surface area contributed by atoms with Crippen LogP contribution in [0.5, 0.6) is 5.75 Å². The van der Waals surface area contributed by atoms with Crippen LogP contribution >= 0.6 is 0 Å². The quantitative estimate of drug-likeness (QED) is 0.213. The molecule has 2 aromatic carbocycles. The number of carbonyl (C=O) groups is 3. The van der Waals surface area contributed by atoms with Crippen molar-refractivity contribution in [2.24, 2.45) is 0 Å². The fourth-order valence-electron chi connectivity index (χ4n) is 4.02. The van der Waals surface area contributed by atoms with Crippen molar-refractivity contribution in [3.05, 3.63) is 95.3 Å².